The molecule has 1 aliphatic carbocycles. The highest BCUT2D eigenvalue weighted by Gasteiger charge is 2.24. The van der Waals surface area contributed by atoms with Crippen LogP contribution in [0.3, 0.4) is 0 Å². The molecule has 21 heavy (non-hydrogen) atoms. The Kier molecular flexibility index (Phi) is 5.69. The van der Waals surface area contributed by atoms with Gasteiger partial charge in [0, 0.05) is 5.92 Å². The number of hydrogen-bond acceptors (Lipinski definition) is 2. The van der Waals surface area contributed by atoms with Gasteiger partial charge in [0.25, 0.3) is 0 Å². The molecule has 2 rings (SSSR count). The molecule has 1 saturated carbocycles. The summed E-state index contributed by atoms with van der Waals surface area (Å²) in [5.41, 5.74) is 7.56. The molecular weight excluding hydrogens is 258 g/mol. The quantitative estimate of drug-likeness (QED) is 0.800. The van der Waals surface area contributed by atoms with Gasteiger partial charge in [-0.2, -0.15) is 0 Å². The van der Waals surface area contributed by atoms with Crippen molar-refractivity contribution in [3.63, 3.8) is 0 Å². The van der Waals surface area contributed by atoms with Crippen molar-refractivity contribution in [2.24, 2.45) is 11.7 Å². The third-order valence-electron chi connectivity index (χ3n) is 5.20. The Morgan fingerprint density at radius 3 is 2.38 bits per heavy atom. The van der Waals surface area contributed by atoms with E-state index in [9.17, 15) is 0 Å². The van der Waals surface area contributed by atoms with Crippen LogP contribution in [0.25, 0.3) is 0 Å². The summed E-state index contributed by atoms with van der Waals surface area (Å²) in [5.74, 6) is 1.51. The summed E-state index contributed by atoms with van der Waals surface area (Å²) in [5, 5.41) is 0. The Labute approximate surface area is 130 Å². The van der Waals surface area contributed by atoms with Crippen LogP contribution < -0.4 is 10.5 Å². The lowest BCUT2D eigenvalue weighted by molar-refractivity contribution is 0.129. The van der Waals surface area contributed by atoms with E-state index in [4.69, 9.17) is 10.5 Å². The summed E-state index contributed by atoms with van der Waals surface area (Å²) in [6.45, 7) is 7.56. The molecule has 1 aliphatic rings. The molecule has 1 fully saturated rings. The van der Waals surface area contributed by atoms with Crippen molar-refractivity contribution in [1.82, 2.24) is 0 Å². The zero-order valence-electron chi connectivity index (χ0n) is 13.9. The Hall–Kier alpha value is -1.02. The van der Waals surface area contributed by atoms with Crippen molar-refractivity contribution in [3.05, 3.63) is 29.8 Å². The predicted molar refractivity (Wildman–Crippen MR) is 89.8 cm³/mol. The molecule has 0 saturated heterocycles. The van der Waals surface area contributed by atoms with Crippen molar-refractivity contribution in [1.29, 1.82) is 0 Å². The lowest BCUT2D eigenvalue weighted by Crippen LogP contribution is -2.31. The molecule has 118 valence electrons. The third-order valence-corrected chi connectivity index (χ3v) is 5.20. The van der Waals surface area contributed by atoms with Crippen LogP contribution in [0.2, 0.25) is 0 Å². The average Bonchev–Trinajstić information content (AvgIpc) is 2.73. The Bertz CT molecular complexity index is 424. The second-order valence-electron chi connectivity index (χ2n) is 7.05. The van der Waals surface area contributed by atoms with Crippen LogP contribution in [0.5, 0.6) is 5.75 Å². The van der Waals surface area contributed by atoms with E-state index in [0.717, 1.165) is 25.1 Å². The minimum absolute atomic E-state index is 0.237. The summed E-state index contributed by atoms with van der Waals surface area (Å²) in [4.78, 5) is 0. The van der Waals surface area contributed by atoms with Crippen LogP contribution >= 0.6 is 0 Å². The molecule has 0 bridgehead atoms. The van der Waals surface area contributed by atoms with E-state index < -0.39 is 0 Å². The molecule has 0 aromatic heterocycles. The van der Waals surface area contributed by atoms with Crippen LogP contribution in [0.15, 0.2) is 24.3 Å². The van der Waals surface area contributed by atoms with Crippen molar-refractivity contribution in [2.45, 2.75) is 70.8 Å². The zero-order chi connectivity index (χ0) is 15.3. The molecule has 0 radical (unpaired) electrons. The molecule has 2 N–H and O–H groups in total. The Balaban J connectivity index is 2.05. The van der Waals surface area contributed by atoms with Gasteiger partial charge < -0.3 is 10.5 Å². The van der Waals surface area contributed by atoms with Crippen molar-refractivity contribution >= 4 is 0 Å². The van der Waals surface area contributed by atoms with Crippen LogP contribution in [0.1, 0.15) is 64.9 Å². The van der Waals surface area contributed by atoms with Crippen LogP contribution in [0.4, 0.5) is 0 Å². The summed E-state index contributed by atoms with van der Waals surface area (Å²) in [6.07, 6.45) is 7.67. The number of ether oxygens (including phenoxy) is 1. The number of rotatable bonds is 5. The predicted octanol–water partition coefficient (Wildman–Crippen LogP) is 4.66. The van der Waals surface area contributed by atoms with E-state index in [-0.39, 0.29) is 5.41 Å². The minimum Gasteiger partial charge on any atom is -0.490 e. The van der Waals surface area contributed by atoms with Gasteiger partial charge in [-0.3, -0.25) is 0 Å². The van der Waals surface area contributed by atoms with Gasteiger partial charge in [-0.1, -0.05) is 45.7 Å². The van der Waals surface area contributed by atoms with Gasteiger partial charge >= 0.3 is 0 Å². The van der Waals surface area contributed by atoms with Gasteiger partial charge in [-0.05, 0) is 55.3 Å². The Morgan fingerprint density at radius 2 is 1.76 bits per heavy atom. The first-order chi connectivity index (χ1) is 10.1. The number of hydrogen-bond donors (Lipinski definition) is 1. The third kappa shape index (κ3) is 4.23. The monoisotopic (exact) mass is 289 g/mol. The van der Waals surface area contributed by atoms with E-state index in [1.54, 1.807) is 0 Å². The van der Waals surface area contributed by atoms with E-state index in [1.807, 2.05) is 0 Å². The average molecular weight is 289 g/mol. The molecule has 0 spiro atoms. The summed E-state index contributed by atoms with van der Waals surface area (Å²) in [7, 11) is 0. The number of benzene rings is 1. The topological polar surface area (TPSA) is 35.2 Å². The maximum absolute atomic E-state index is 6.26. The first-order valence-electron chi connectivity index (χ1n) is 8.54. The molecule has 0 heterocycles. The van der Waals surface area contributed by atoms with Gasteiger partial charge in [-0.15, -0.1) is 0 Å². The van der Waals surface area contributed by atoms with Crippen LogP contribution in [0, 0.1) is 5.92 Å². The SMILES string of the molecule is CCC(C)(C)c1ccc(OC2CCCCCC2CN)cc1. The highest BCUT2D eigenvalue weighted by molar-refractivity contribution is 5.31. The molecule has 1 aromatic rings. The van der Waals surface area contributed by atoms with Gasteiger partial charge in [0.1, 0.15) is 11.9 Å². The second kappa shape index (κ2) is 7.31. The van der Waals surface area contributed by atoms with Crippen molar-refractivity contribution in [3.8, 4) is 5.75 Å². The summed E-state index contributed by atoms with van der Waals surface area (Å²) < 4.78 is 6.26. The minimum atomic E-state index is 0.237. The fraction of sp³-hybridized carbons (Fsp3) is 0.684. The fourth-order valence-electron chi connectivity index (χ4n) is 3.14. The maximum Gasteiger partial charge on any atom is 0.119 e. The molecule has 2 nitrogen and oxygen atoms in total. The first kappa shape index (κ1) is 16.4. The van der Waals surface area contributed by atoms with E-state index >= 15 is 0 Å². The van der Waals surface area contributed by atoms with E-state index in [1.165, 1.54) is 31.2 Å². The molecule has 0 amide bonds. The Morgan fingerprint density at radius 1 is 1.10 bits per heavy atom. The molecule has 2 heteroatoms. The van der Waals surface area contributed by atoms with E-state index in [0.29, 0.717) is 12.0 Å². The van der Waals surface area contributed by atoms with Gasteiger partial charge in [0.15, 0.2) is 0 Å². The van der Waals surface area contributed by atoms with Gasteiger partial charge in [-0.25, -0.2) is 0 Å². The van der Waals surface area contributed by atoms with Gasteiger partial charge in [0.2, 0.25) is 0 Å². The van der Waals surface area contributed by atoms with Crippen LogP contribution in [-0.4, -0.2) is 12.6 Å². The highest BCUT2D eigenvalue weighted by atomic mass is 16.5. The van der Waals surface area contributed by atoms with E-state index in [2.05, 4.69) is 45.0 Å². The molecule has 1 aromatic carbocycles. The number of nitrogens with two attached hydrogens (primary N) is 1. The first-order valence-corrected chi connectivity index (χ1v) is 8.54. The summed E-state index contributed by atoms with van der Waals surface area (Å²) in [6, 6.07) is 8.69. The smallest absolute Gasteiger partial charge is 0.119 e. The van der Waals surface area contributed by atoms with Crippen molar-refractivity contribution < 1.29 is 4.74 Å². The molecular formula is C19H31NO. The largest absolute Gasteiger partial charge is 0.490 e. The lowest BCUT2D eigenvalue weighted by atomic mass is 9.82. The second-order valence-corrected chi connectivity index (χ2v) is 7.05. The maximum atomic E-state index is 6.26. The molecule has 2 unspecified atom stereocenters. The normalized spacial score (nSPS) is 23.6. The molecule has 0 aliphatic heterocycles. The standard InChI is InChI=1S/C19H31NO/c1-4-19(2,3)16-10-12-17(13-11-16)21-18-9-7-5-6-8-15(18)14-20/h10-13,15,18H,4-9,14,20H2,1-3H3. The van der Waals surface area contributed by atoms with Crippen molar-refractivity contribution in [2.75, 3.05) is 6.54 Å². The highest BCUT2D eigenvalue weighted by Crippen LogP contribution is 2.30. The van der Waals surface area contributed by atoms with Gasteiger partial charge in [0.05, 0.1) is 0 Å². The zero-order valence-corrected chi connectivity index (χ0v) is 13.9. The lowest BCUT2D eigenvalue weighted by Gasteiger charge is -2.26. The molecule has 2 atom stereocenters. The van der Waals surface area contributed by atoms with Crippen LogP contribution in [-0.2, 0) is 5.41 Å². The summed E-state index contributed by atoms with van der Waals surface area (Å²) >= 11 is 0. The fourth-order valence-corrected chi connectivity index (χ4v) is 3.14.